The van der Waals surface area contributed by atoms with Crippen LogP contribution in [0.5, 0.6) is 46.0 Å². The summed E-state index contributed by atoms with van der Waals surface area (Å²) in [5.41, 5.74) is 2.41. The van der Waals surface area contributed by atoms with E-state index in [0.717, 1.165) is 11.1 Å². The van der Waals surface area contributed by atoms with Gasteiger partial charge >= 0.3 is 0 Å². The van der Waals surface area contributed by atoms with Gasteiger partial charge in [0, 0.05) is 0 Å². The Bertz CT molecular complexity index is 2850. The maximum Gasteiger partial charge on any atom is 0.206 e. The van der Waals surface area contributed by atoms with Gasteiger partial charge in [0.15, 0.2) is 0 Å². The molecule has 7 rings (SSSR count). The van der Waals surface area contributed by atoms with Gasteiger partial charge in [0.2, 0.25) is 9.84 Å². The molecule has 7 aromatic rings. The Labute approximate surface area is 338 Å². The van der Waals surface area contributed by atoms with Crippen LogP contribution in [0.15, 0.2) is 161 Å². The van der Waals surface area contributed by atoms with Crippen molar-refractivity contribution in [3.8, 4) is 75.3 Å². The van der Waals surface area contributed by atoms with E-state index in [2.05, 4.69) is 12.1 Å². The highest BCUT2D eigenvalue weighted by Gasteiger charge is 2.19. The van der Waals surface area contributed by atoms with Gasteiger partial charge in [-0.1, -0.05) is 65.7 Å². The Balaban J connectivity index is 1.00. The Morgan fingerprint density at radius 2 is 0.667 bits per heavy atom. The number of ether oxygens (including phenoxy) is 4. The molecular formula is C45H25Cl2N3O6S. The average molecular weight is 807 g/mol. The monoisotopic (exact) mass is 805 g/mol. The molecule has 0 amide bonds. The molecule has 9 nitrogen and oxygen atoms in total. The van der Waals surface area contributed by atoms with Crippen molar-refractivity contribution in [3.05, 3.63) is 178 Å². The lowest BCUT2D eigenvalue weighted by Gasteiger charge is -2.13. The predicted octanol–water partition coefficient (Wildman–Crippen LogP) is 12.3. The van der Waals surface area contributed by atoms with E-state index in [0.29, 0.717) is 33.8 Å². The summed E-state index contributed by atoms with van der Waals surface area (Å²) in [6.45, 7) is 0. The number of nitrogens with zero attached hydrogens (tertiary/aromatic N) is 3. The third kappa shape index (κ3) is 8.38. The van der Waals surface area contributed by atoms with E-state index < -0.39 is 9.84 Å². The first-order valence-corrected chi connectivity index (χ1v) is 19.2. The molecule has 0 unspecified atom stereocenters. The van der Waals surface area contributed by atoms with Crippen molar-refractivity contribution >= 4 is 33.0 Å². The summed E-state index contributed by atoms with van der Waals surface area (Å²) in [6, 6.07) is 47.4. The zero-order valence-corrected chi connectivity index (χ0v) is 31.7. The molecule has 0 aliphatic carbocycles. The lowest BCUT2D eigenvalue weighted by Crippen LogP contribution is -2.02. The van der Waals surface area contributed by atoms with Crippen molar-refractivity contribution in [2.24, 2.45) is 0 Å². The quantitative estimate of drug-likeness (QED) is 0.125. The van der Waals surface area contributed by atoms with Gasteiger partial charge in [-0.05, 0) is 120 Å². The van der Waals surface area contributed by atoms with Crippen LogP contribution in [0.1, 0.15) is 16.7 Å². The van der Waals surface area contributed by atoms with Crippen molar-refractivity contribution in [2.45, 2.75) is 9.79 Å². The van der Waals surface area contributed by atoms with E-state index >= 15 is 0 Å². The van der Waals surface area contributed by atoms with Gasteiger partial charge in [0.1, 0.15) is 80.9 Å². The molecule has 0 bridgehead atoms. The van der Waals surface area contributed by atoms with Crippen LogP contribution in [0, 0.1) is 34.0 Å². The van der Waals surface area contributed by atoms with E-state index in [-0.39, 0.29) is 48.8 Å². The first-order valence-electron chi connectivity index (χ1n) is 16.9. The minimum Gasteiger partial charge on any atom is -0.456 e. The number of benzene rings is 7. The molecule has 0 saturated carbocycles. The fourth-order valence-electron chi connectivity index (χ4n) is 5.64. The lowest BCUT2D eigenvalue weighted by molar-refractivity contribution is 0.457. The van der Waals surface area contributed by atoms with Crippen LogP contribution < -0.4 is 18.9 Å². The second-order valence-corrected chi connectivity index (χ2v) is 14.9. The summed E-state index contributed by atoms with van der Waals surface area (Å²) in [5.74, 6) is 2.78. The number of hydrogen-bond donors (Lipinski definition) is 0. The summed E-state index contributed by atoms with van der Waals surface area (Å²) in [5, 5.41) is 29.5. The Morgan fingerprint density at radius 1 is 0.386 bits per heavy atom. The molecule has 0 radical (unpaired) electrons. The van der Waals surface area contributed by atoms with E-state index in [1.807, 2.05) is 30.3 Å². The van der Waals surface area contributed by atoms with E-state index in [9.17, 15) is 24.2 Å². The van der Waals surface area contributed by atoms with Crippen molar-refractivity contribution in [2.75, 3.05) is 0 Å². The lowest BCUT2D eigenvalue weighted by atomic mass is 10.1. The normalized spacial score (nSPS) is 10.7. The number of nitriles is 3. The highest BCUT2D eigenvalue weighted by atomic mass is 35.5. The fourth-order valence-corrected chi connectivity index (χ4v) is 7.31. The third-order valence-corrected chi connectivity index (χ3v) is 10.9. The van der Waals surface area contributed by atoms with E-state index in [1.165, 1.54) is 48.5 Å². The summed E-state index contributed by atoms with van der Waals surface area (Å²) < 4.78 is 50.6. The Kier molecular flexibility index (Phi) is 11.1. The smallest absolute Gasteiger partial charge is 0.206 e. The molecule has 0 atom stereocenters. The minimum absolute atomic E-state index is 0.0298. The van der Waals surface area contributed by atoms with Crippen LogP contribution >= 0.6 is 23.2 Å². The predicted molar refractivity (Wildman–Crippen MR) is 214 cm³/mol. The van der Waals surface area contributed by atoms with Gasteiger partial charge in [-0.25, -0.2) is 8.42 Å². The Morgan fingerprint density at radius 3 is 0.982 bits per heavy atom. The number of halogens is 2. The third-order valence-electron chi connectivity index (χ3n) is 8.50. The average Bonchev–Trinajstić information content (AvgIpc) is 3.22. The minimum atomic E-state index is -3.91. The van der Waals surface area contributed by atoms with Crippen LogP contribution in [0.2, 0.25) is 10.0 Å². The SMILES string of the molecule is N#Cc1c(Cl)cccc1Oc1ccc(-c2ccc(Oc3cccc(Oc4ccc(S(=O)(=O)c5ccc(Oc6cccc(Cl)c6C#N)cc5)cc4)c3C#N)cc2)cc1. The molecule has 0 fully saturated rings. The number of sulfone groups is 1. The van der Waals surface area contributed by atoms with Crippen LogP contribution in [0.4, 0.5) is 0 Å². The number of hydrogen-bond acceptors (Lipinski definition) is 9. The van der Waals surface area contributed by atoms with Gasteiger partial charge in [0.05, 0.1) is 19.8 Å². The number of rotatable bonds is 11. The molecule has 0 spiro atoms. The largest absolute Gasteiger partial charge is 0.456 e. The molecule has 0 aliphatic heterocycles. The van der Waals surface area contributed by atoms with Crippen molar-refractivity contribution in [3.63, 3.8) is 0 Å². The second-order valence-electron chi connectivity index (χ2n) is 12.1. The van der Waals surface area contributed by atoms with Gasteiger partial charge in [-0.3, -0.25) is 0 Å². The maximum absolute atomic E-state index is 13.4. The topological polar surface area (TPSA) is 142 Å². The molecule has 57 heavy (non-hydrogen) atoms. The molecule has 0 heterocycles. The first kappa shape index (κ1) is 38.0. The van der Waals surface area contributed by atoms with Crippen molar-refractivity contribution in [1.82, 2.24) is 0 Å². The van der Waals surface area contributed by atoms with Crippen LogP contribution in [-0.2, 0) is 9.84 Å². The molecule has 12 heteroatoms. The van der Waals surface area contributed by atoms with Gasteiger partial charge in [-0.15, -0.1) is 0 Å². The van der Waals surface area contributed by atoms with Crippen LogP contribution in [-0.4, -0.2) is 8.42 Å². The van der Waals surface area contributed by atoms with E-state index in [4.69, 9.17) is 42.1 Å². The molecule has 0 aliphatic rings. The summed E-state index contributed by atoms with van der Waals surface area (Å²) in [7, 11) is -3.91. The Hall–Kier alpha value is -7.26. The van der Waals surface area contributed by atoms with Crippen molar-refractivity contribution < 1.29 is 27.4 Å². The van der Waals surface area contributed by atoms with E-state index in [1.54, 1.807) is 78.9 Å². The molecular weight excluding hydrogens is 781 g/mol. The fraction of sp³-hybridized carbons (Fsp3) is 0. The zero-order valence-electron chi connectivity index (χ0n) is 29.4. The first-order chi connectivity index (χ1) is 27.7. The van der Waals surface area contributed by atoms with Crippen molar-refractivity contribution in [1.29, 1.82) is 15.8 Å². The highest BCUT2D eigenvalue weighted by molar-refractivity contribution is 7.91. The molecule has 276 valence electrons. The zero-order chi connectivity index (χ0) is 39.9. The summed E-state index contributed by atoms with van der Waals surface area (Å²) in [4.78, 5) is 0.0651. The van der Waals surface area contributed by atoms with Gasteiger partial charge in [0.25, 0.3) is 0 Å². The van der Waals surface area contributed by atoms with Gasteiger partial charge in [-0.2, -0.15) is 15.8 Å². The standard InChI is InChI=1S/C45H25Cl2N3O6S/c46-40-4-1-6-42(37(40)26-48)53-31-14-10-29(11-15-31)30-12-16-32(17-13-30)55-44-8-3-9-45(39(44)28-50)56-34-20-24-36(25-21-34)57(51,52)35-22-18-33(19-23-35)54-43-7-2-5-41(47)38(43)27-49/h1-25H. The molecule has 0 aromatic heterocycles. The maximum atomic E-state index is 13.4. The second kappa shape index (κ2) is 16.6. The van der Waals surface area contributed by atoms with Gasteiger partial charge < -0.3 is 18.9 Å². The van der Waals surface area contributed by atoms with Crippen LogP contribution in [0.25, 0.3) is 11.1 Å². The summed E-state index contributed by atoms with van der Waals surface area (Å²) in [6.07, 6.45) is 0. The molecule has 0 saturated heterocycles. The molecule has 0 N–H and O–H groups in total. The summed E-state index contributed by atoms with van der Waals surface area (Å²) >= 11 is 12.2. The molecule has 7 aromatic carbocycles. The van der Waals surface area contributed by atoms with Crippen LogP contribution in [0.3, 0.4) is 0 Å². The highest BCUT2D eigenvalue weighted by Crippen LogP contribution is 2.37.